The van der Waals surface area contributed by atoms with E-state index < -0.39 is 18.2 Å². The lowest BCUT2D eigenvalue weighted by atomic mass is 9.85. The molecule has 8 heteroatoms. The van der Waals surface area contributed by atoms with Crippen LogP contribution in [-0.2, 0) is 16.1 Å². The highest BCUT2D eigenvalue weighted by Gasteiger charge is 2.43. The van der Waals surface area contributed by atoms with Gasteiger partial charge in [-0.2, -0.15) is 0 Å². The quantitative estimate of drug-likeness (QED) is 0.593. The number of amides is 2. The highest BCUT2D eigenvalue weighted by atomic mass is 32.1. The predicted octanol–water partition coefficient (Wildman–Crippen LogP) is 2.72. The summed E-state index contributed by atoms with van der Waals surface area (Å²) in [6.45, 7) is 11.1. The number of nitrogens with one attached hydrogen (secondary N) is 2. The Labute approximate surface area is 194 Å². The smallest absolute Gasteiger partial charge is 0.243 e. The first-order valence-corrected chi connectivity index (χ1v) is 12.0. The zero-order valence-electron chi connectivity index (χ0n) is 19.5. The van der Waals surface area contributed by atoms with E-state index in [0.29, 0.717) is 13.1 Å². The van der Waals surface area contributed by atoms with Gasteiger partial charge < -0.3 is 20.6 Å². The second kappa shape index (κ2) is 10.1. The number of likely N-dealkylation sites (tertiary alicyclic amines) is 1. The van der Waals surface area contributed by atoms with Crippen LogP contribution in [0.5, 0.6) is 0 Å². The van der Waals surface area contributed by atoms with Crippen molar-refractivity contribution < 1.29 is 14.7 Å². The highest BCUT2D eigenvalue weighted by Crippen LogP contribution is 2.28. The molecule has 1 aliphatic rings. The maximum absolute atomic E-state index is 13.3. The van der Waals surface area contributed by atoms with Crippen LogP contribution >= 0.6 is 11.3 Å². The molecule has 1 aromatic heterocycles. The van der Waals surface area contributed by atoms with E-state index in [1.165, 1.54) is 4.90 Å². The zero-order valence-corrected chi connectivity index (χ0v) is 20.3. The van der Waals surface area contributed by atoms with Gasteiger partial charge in [0.2, 0.25) is 11.8 Å². The Morgan fingerprint density at radius 3 is 2.53 bits per heavy atom. The van der Waals surface area contributed by atoms with Gasteiger partial charge in [-0.25, -0.2) is 4.98 Å². The van der Waals surface area contributed by atoms with Crippen molar-refractivity contribution in [3.63, 3.8) is 0 Å². The van der Waals surface area contributed by atoms with Crippen molar-refractivity contribution in [3.8, 4) is 10.4 Å². The number of hydrogen-bond donors (Lipinski definition) is 3. The largest absolute Gasteiger partial charge is 0.391 e. The number of β-amino-alcohol motifs (C(OH)–C–C–N with tert-alkyl or cyclic N) is 1. The Bertz CT molecular complexity index is 935. The van der Waals surface area contributed by atoms with Crippen LogP contribution < -0.4 is 10.6 Å². The molecule has 32 heavy (non-hydrogen) atoms. The topological polar surface area (TPSA) is 94.6 Å². The molecule has 3 N–H and O–H groups in total. The minimum absolute atomic E-state index is 0.139. The summed E-state index contributed by atoms with van der Waals surface area (Å²) < 4.78 is 0. The number of carbonyl (C=O) groups excluding carboxylic acids is 2. The minimum atomic E-state index is -0.695. The maximum Gasteiger partial charge on any atom is 0.243 e. The van der Waals surface area contributed by atoms with E-state index in [2.05, 4.69) is 15.6 Å². The monoisotopic (exact) mass is 458 g/mol. The fourth-order valence-corrected chi connectivity index (χ4v) is 4.91. The molecule has 0 saturated carbocycles. The van der Waals surface area contributed by atoms with Gasteiger partial charge in [0.1, 0.15) is 6.04 Å². The number of aromatic nitrogens is 1. The third kappa shape index (κ3) is 5.54. The number of hydrogen-bond acceptors (Lipinski definition) is 6. The molecule has 0 spiro atoms. The zero-order chi connectivity index (χ0) is 23.5. The van der Waals surface area contributed by atoms with E-state index in [4.69, 9.17) is 0 Å². The highest BCUT2D eigenvalue weighted by molar-refractivity contribution is 7.13. The molecule has 2 aromatic rings. The van der Waals surface area contributed by atoms with E-state index in [-0.39, 0.29) is 30.2 Å². The number of benzene rings is 1. The fourth-order valence-electron chi connectivity index (χ4n) is 4.10. The van der Waals surface area contributed by atoms with Gasteiger partial charge in [-0.1, -0.05) is 52.0 Å². The second-order valence-corrected chi connectivity index (χ2v) is 10.3. The molecule has 1 fully saturated rings. The number of aliphatic hydroxyl groups is 1. The molecule has 1 aromatic carbocycles. The molecule has 3 atom stereocenters. The number of rotatable bonds is 7. The van der Waals surface area contributed by atoms with Crippen LogP contribution in [0.25, 0.3) is 10.4 Å². The lowest BCUT2D eigenvalue weighted by Crippen LogP contribution is -2.56. The Kier molecular flexibility index (Phi) is 7.69. The van der Waals surface area contributed by atoms with E-state index in [0.717, 1.165) is 21.7 Å². The van der Waals surface area contributed by atoms with Crippen LogP contribution in [0.4, 0.5) is 0 Å². The summed E-state index contributed by atoms with van der Waals surface area (Å²) in [4.78, 5) is 33.2. The van der Waals surface area contributed by atoms with Crippen LogP contribution in [-0.4, -0.2) is 58.1 Å². The van der Waals surface area contributed by atoms with E-state index >= 15 is 0 Å². The Morgan fingerprint density at radius 2 is 1.97 bits per heavy atom. The van der Waals surface area contributed by atoms with E-state index in [1.807, 2.05) is 64.4 Å². The lowest BCUT2D eigenvalue weighted by molar-refractivity contribution is -0.142. The molecular weight excluding hydrogens is 424 g/mol. The van der Waals surface area contributed by atoms with Crippen molar-refractivity contribution >= 4 is 23.2 Å². The molecule has 0 aliphatic carbocycles. The summed E-state index contributed by atoms with van der Waals surface area (Å²) in [5, 5.41) is 16.4. The normalized spacial score (nSPS) is 19.8. The molecule has 2 heterocycles. The van der Waals surface area contributed by atoms with E-state index in [9.17, 15) is 14.7 Å². The van der Waals surface area contributed by atoms with Gasteiger partial charge in [0, 0.05) is 19.5 Å². The SMILES string of the molecule is CCNC(C(=O)N1CC(O)CC1C(=O)NCc1ccc(-c2scnc2C)cc1)C(C)(C)C. The fraction of sp³-hybridized carbons (Fsp3) is 0.542. The van der Waals surface area contributed by atoms with Gasteiger partial charge in [-0.05, 0) is 30.0 Å². The number of aryl methyl sites for hydroxylation is 1. The van der Waals surface area contributed by atoms with Crippen LogP contribution in [0.15, 0.2) is 29.8 Å². The van der Waals surface area contributed by atoms with Gasteiger partial charge in [0.05, 0.1) is 28.2 Å². The van der Waals surface area contributed by atoms with Crippen molar-refractivity contribution in [1.82, 2.24) is 20.5 Å². The average Bonchev–Trinajstić information content (AvgIpc) is 3.35. The Morgan fingerprint density at radius 1 is 1.28 bits per heavy atom. The summed E-state index contributed by atoms with van der Waals surface area (Å²) in [5.41, 5.74) is 4.61. The third-order valence-electron chi connectivity index (χ3n) is 5.81. The molecule has 7 nitrogen and oxygen atoms in total. The Balaban J connectivity index is 1.65. The molecular formula is C24H34N4O3S. The molecule has 0 radical (unpaired) electrons. The first-order valence-electron chi connectivity index (χ1n) is 11.1. The standard InChI is InChI=1S/C24H34N4O3S/c1-6-25-21(24(3,4)5)23(31)28-13-18(29)11-19(28)22(30)26-12-16-7-9-17(10-8-16)20-15(2)27-14-32-20/h7-10,14,18-19,21,25,29H,6,11-13H2,1-5H3,(H,26,30). The molecule has 2 amide bonds. The van der Waals surface area contributed by atoms with Crippen LogP contribution in [0.1, 0.15) is 45.4 Å². The van der Waals surface area contributed by atoms with Crippen molar-refractivity contribution in [2.24, 2.45) is 5.41 Å². The molecule has 1 aliphatic heterocycles. The van der Waals surface area contributed by atoms with Gasteiger partial charge >= 0.3 is 0 Å². The lowest BCUT2D eigenvalue weighted by Gasteiger charge is -2.35. The van der Waals surface area contributed by atoms with Crippen LogP contribution in [0.3, 0.4) is 0 Å². The summed E-state index contributed by atoms with van der Waals surface area (Å²) >= 11 is 1.61. The first kappa shape index (κ1) is 24.4. The number of thiazole rings is 1. The third-order valence-corrected chi connectivity index (χ3v) is 6.79. The van der Waals surface area contributed by atoms with Gasteiger partial charge in [-0.3, -0.25) is 9.59 Å². The molecule has 0 bridgehead atoms. The number of aliphatic hydroxyl groups excluding tert-OH is 1. The van der Waals surface area contributed by atoms with Crippen LogP contribution in [0, 0.1) is 12.3 Å². The van der Waals surface area contributed by atoms with Gasteiger partial charge in [0.25, 0.3) is 0 Å². The number of nitrogens with zero attached hydrogens (tertiary/aromatic N) is 2. The van der Waals surface area contributed by atoms with Crippen LogP contribution in [0.2, 0.25) is 0 Å². The van der Waals surface area contributed by atoms with E-state index in [1.54, 1.807) is 11.3 Å². The Hall–Kier alpha value is -2.29. The first-order chi connectivity index (χ1) is 15.1. The summed E-state index contributed by atoms with van der Waals surface area (Å²) in [7, 11) is 0. The number of likely N-dealkylation sites (N-methyl/N-ethyl adjacent to an activating group) is 1. The van der Waals surface area contributed by atoms with Crippen molar-refractivity contribution in [2.45, 2.75) is 65.8 Å². The average molecular weight is 459 g/mol. The molecule has 1 saturated heterocycles. The predicted molar refractivity (Wildman–Crippen MR) is 127 cm³/mol. The maximum atomic E-state index is 13.3. The van der Waals surface area contributed by atoms with Gasteiger partial charge in [-0.15, -0.1) is 11.3 Å². The second-order valence-electron chi connectivity index (χ2n) is 9.43. The van der Waals surface area contributed by atoms with Crippen molar-refractivity contribution in [3.05, 3.63) is 41.0 Å². The summed E-state index contributed by atoms with van der Waals surface area (Å²) in [6.07, 6.45) is -0.441. The minimum Gasteiger partial charge on any atom is -0.391 e. The molecule has 174 valence electrons. The summed E-state index contributed by atoms with van der Waals surface area (Å²) in [6, 6.07) is 6.95. The number of carbonyl (C=O) groups is 2. The molecule has 3 unspecified atom stereocenters. The van der Waals surface area contributed by atoms with Crippen molar-refractivity contribution in [1.29, 1.82) is 0 Å². The molecule has 3 rings (SSSR count). The van der Waals surface area contributed by atoms with Crippen molar-refractivity contribution in [2.75, 3.05) is 13.1 Å². The summed E-state index contributed by atoms with van der Waals surface area (Å²) in [5.74, 6) is -0.373. The van der Waals surface area contributed by atoms with Gasteiger partial charge in [0.15, 0.2) is 0 Å².